The van der Waals surface area contributed by atoms with Gasteiger partial charge in [0.1, 0.15) is 23.3 Å². The summed E-state index contributed by atoms with van der Waals surface area (Å²) in [6, 6.07) is 4.91. The Kier molecular flexibility index (Phi) is 12.4. The van der Waals surface area contributed by atoms with Crippen LogP contribution in [0.2, 0.25) is 0 Å². The summed E-state index contributed by atoms with van der Waals surface area (Å²) in [5, 5.41) is 19.1. The standard InChI is InChI=1S/C40H44F6N10O5S/c1-38(2)36(60)55(29-19-48-22(18-47)17-27(29)39(41,42)43)37(62)56(38)23-7-9-24(10-8-23)61-16-15-53-13-14-54(30(20-53)40(44,45)46)21-32(58)49-28-6-4-5-25-33(51-52(3)34(25)28)26-11-12-31(57)50-35(26)59/h4-6,17,19,23-24,26,30H,7-16,20-21H2,1-3H3,(H,49,58)(H,50,57,59)/t23-,24-,26?,30-/m1/s1. The van der Waals surface area contributed by atoms with Crippen molar-refractivity contribution in [1.82, 2.24) is 34.8 Å². The summed E-state index contributed by atoms with van der Waals surface area (Å²) in [4.78, 5) is 60.2. The van der Waals surface area contributed by atoms with Crippen LogP contribution in [0.3, 0.4) is 0 Å². The molecule has 3 saturated heterocycles. The summed E-state index contributed by atoms with van der Waals surface area (Å²) in [6.45, 7) is 2.82. The van der Waals surface area contributed by atoms with Crippen LogP contribution >= 0.6 is 12.2 Å². The zero-order chi connectivity index (χ0) is 44.9. The first-order chi connectivity index (χ1) is 29.2. The molecular formula is C40H44F6N10O5S. The highest BCUT2D eigenvalue weighted by molar-refractivity contribution is 7.80. The van der Waals surface area contributed by atoms with Gasteiger partial charge in [0.15, 0.2) is 5.11 Å². The molecule has 62 heavy (non-hydrogen) atoms. The average Bonchev–Trinajstić information content (AvgIpc) is 3.63. The Labute approximate surface area is 357 Å². The number of halogens is 6. The quantitative estimate of drug-likeness (QED) is 0.165. The SMILES string of the molecule is Cn1nc(C2CCC(=O)NC2=O)c2cccc(NC(=O)CN3CCN(CCO[C@H]4CC[C@H](N5C(=S)N(c6cnc(C#N)cc6C(F)(F)F)C(=O)C5(C)C)CC4)C[C@@H]3C(F)(F)F)c21. The predicted octanol–water partition coefficient (Wildman–Crippen LogP) is 4.61. The molecule has 0 radical (unpaired) electrons. The zero-order valence-corrected chi connectivity index (χ0v) is 34.8. The van der Waals surface area contributed by atoms with Crippen molar-refractivity contribution in [1.29, 1.82) is 5.26 Å². The highest BCUT2D eigenvalue weighted by Gasteiger charge is 2.54. The van der Waals surface area contributed by atoms with E-state index in [2.05, 4.69) is 20.7 Å². The Bertz CT molecular complexity index is 2320. The third-order valence-corrected chi connectivity index (χ3v) is 12.5. The number of thiocarbonyl (C=S) groups is 1. The molecule has 4 fully saturated rings. The molecule has 0 bridgehead atoms. The number of nitriles is 1. The monoisotopic (exact) mass is 890 g/mol. The fourth-order valence-corrected chi connectivity index (χ4v) is 9.56. The molecule has 332 valence electrons. The van der Waals surface area contributed by atoms with Crippen molar-refractivity contribution in [3.05, 3.63) is 47.4 Å². The number of nitrogens with zero attached hydrogens (tertiary/aromatic N) is 8. The van der Waals surface area contributed by atoms with Crippen LogP contribution in [0.1, 0.15) is 75.2 Å². The summed E-state index contributed by atoms with van der Waals surface area (Å²) in [6.07, 6.45) is -6.52. The van der Waals surface area contributed by atoms with E-state index in [-0.39, 0.29) is 68.8 Å². The molecule has 15 nitrogen and oxygen atoms in total. The number of para-hydroxylation sites is 1. The number of carbonyl (C=O) groups excluding carboxylic acids is 4. The van der Waals surface area contributed by atoms with E-state index >= 15 is 0 Å². The van der Waals surface area contributed by atoms with Gasteiger partial charge in [-0.2, -0.15) is 36.7 Å². The number of nitrogens with one attached hydrogen (secondary N) is 2. The second kappa shape index (κ2) is 17.1. The van der Waals surface area contributed by atoms with Gasteiger partial charge in [0.2, 0.25) is 17.7 Å². The number of imide groups is 1. The van der Waals surface area contributed by atoms with E-state index in [4.69, 9.17) is 22.2 Å². The molecule has 5 heterocycles. The maximum Gasteiger partial charge on any atom is 0.418 e. The van der Waals surface area contributed by atoms with Crippen molar-refractivity contribution in [2.24, 2.45) is 7.05 Å². The molecule has 1 unspecified atom stereocenters. The molecule has 2 N–H and O–H groups in total. The molecule has 2 atom stereocenters. The van der Waals surface area contributed by atoms with E-state index in [9.17, 15) is 45.5 Å². The van der Waals surface area contributed by atoms with Gasteiger partial charge in [-0.1, -0.05) is 12.1 Å². The summed E-state index contributed by atoms with van der Waals surface area (Å²) in [7, 11) is 1.63. The maximum atomic E-state index is 14.4. The molecule has 2 aromatic heterocycles. The minimum Gasteiger partial charge on any atom is -0.377 e. The molecule has 4 amide bonds. The van der Waals surface area contributed by atoms with E-state index in [1.54, 1.807) is 55.0 Å². The fourth-order valence-electron chi connectivity index (χ4n) is 9.00. The van der Waals surface area contributed by atoms with Gasteiger partial charge in [0.05, 0.1) is 59.5 Å². The van der Waals surface area contributed by atoms with Gasteiger partial charge in [0.25, 0.3) is 5.91 Å². The summed E-state index contributed by atoms with van der Waals surface area (Å²) in [5.41, 5.74) is -2.28. The van der Waals surface area contributed by atoms with Gasteiger partial charge in [-0.05, 0) is 70.3 Å². The van der Waals surface area contributed by atoms with Gasteiger partial charge in [0, 0.05) is 51.1 Å². The number of amides is 4. The summed E-state index contributed by atoms with van der Waals surface area (Å²) < 4.78 is 93.1. The summed E-state index contributed by atoms with van der Waals surface area (Å²) >= 11 is 5.62. The van der Waals surface area contributed by atoms with E-state index in [0.29, 0.717) is 54.0 Å². The number of piperidine rings is 1. The number of hydrogen-bond acceptors (Lipinski definition) is 11. The summed E-state index contributed by atoms with van der Waals surface area (Å²) in [5.74, 6) is -2.84. The Balaban J connectivity index is 0.915. The first-order valence-corrected chi connectivity index (χ1v) is 20.5. The van der Waals surface area contributed by atoms with E-state index in [1.807, 2.05) is 0 Å². The Morgan fingerprint density at radius 3 is 2.47 bits per heavy atom. The van der Waals surface area contributed by atoms with Crippen molar-refractivity contribution in [2.75, 3.05) is 49.5 Å². The van der Waals surface area contributed by atoms with Crippen LogP contribution in [0.25, 0.3) is 10.9 Å². The third-order valence-electron chi connectivity index (χ3n) is 12.1. The number of anilines is 2. The molecule has 1 aromatic carbocycles. The predicted molar refractivity (Wildman–Crippen MR) is 214 cm³/mol. The van der Waals surface area contributed by atoms with Crippen molar-refractivity contribution in [3.63, 3.8) is 0 Å². The maximum absolute atomic E-state index is 14.4. The van der Waals surface area contributed by atoms with E-state index in [1.165, 1.54) is 4.68 Å². The van der Waals surface area contributed by atoms with Crippen LogP contribution in [0.4, 0.5) is 37.7 Å². The van der Waals surface area contributed by atoms with Crippen molar-refractivity contribution < 1.29 is 50.3 Å². The van der Waals surface area contributed by atoms with Crippen molar-refractivity contribution >= 4 is 63.2 Å². The number of rotatable bonds is 10. The fraction of sp³-hybridized carbons (Fsp3) is 0.550. The number of ether oxygens (including phenoxy) is 1. The largest absolute Gasteiger partial charge is 0.418 e. The van der Waals surface area contributed by atoms with E-state index in [0.717, 1.165) is 16.0 Å². The average molecular weight is 891 g/mol. The lowest BCUT2D eigenvalue weighted by Gasteiger charge is -2.42. The first-order valence-electron chi connectivity index (χ1n) is 20.1. The molecular weight excluding hydrogens is 847 g/mol. The smallest absolute Gasteiger partial charge is 0.377 e. The highest BCUT2D eigenvalue weighted by atomic mass is 32.1. The second-order valence-electron chi connectivity index (χ2n) is 16.4. The molecule has 0 spiro atoms. The number of fused-ring (bicyclic) bond motifs is 1. The topological polar surface area (TPSA) is 169 Å². The molecule has 1 aliphatic carbocycles. The first kappa shape index (κ1) is 44.8. The van der Waals surface area contributed by atoms with Crippen LogP contribution in [-0.4, -0.2) is 127 Å². The third kappa shape index (κ3) is 8.85. The highest BCUT2D eigenvalue weighted by Crippen LogP contribution is 2.43. The Hall–Kier alpha value is -5.24. The Morgan fingerprint density at radius 2 is 1.81 bits per heavy atom. The van der Waals surface area contributed by atoms with Crippen molar-refractivity contribution in [2.45, 2.75) is 94.4 Å². The van der Waals surface area contributed by atoms with Crippen molar-refractivity contribution in [3.8, 4) is 6.07 Å². The van der Waals surface area contributed by atoms with Crippen LogP contribution in [0.15, 0.2) is 30.5 Å². The minimum atomic E-state index is -4.89. The van der Waals surface area contributed by atoms with Gasteiger partial charge in [-0.3, -0.25) is 43.9 Å². The van der Waals surface area contributed by atoms with Crippen LogP contribution < -0.4 is 15.5 Å². The van der Waals surface area contributed by atoms with Gasteiger partial charge >= 0.3 is 12.4 Å². The van der Waals surface area contributed by atoms with Crippen LogP contribution in [-0.2, 0) is 37.1 Å². The minimum absolute atomic E-state index is 0.0391. The van der Waals surface area contributed by atoms with Crippen LogP contribution in [0, 0.1) is 11.3 Å². The molecule has 22 heteroatoms. The lowest BCUT2D eigenvalue weighted by atomic mass is 9.89. The molecule has 4 aliphatic rings. The molecule has 7 rings (SSSR count). The Morgan fingerprint density at radius 1 is 1.08 bits per heavy atom. The number of aromatic nitrogens is 3. The number of carbonyl (C=O) groups is 4. The molecule has 3 aromatic rings. The lowest BCUT2D eigenvalue weighted by molar-refractivity contribution is -0.197. The van der Waals surface area contributed by atoms with Gasteiger partial charge in [-0.25, -0.2) is 4.98 Å². The molecule has 3 aliphatic heterocycles. The number of pyridine rings is 1. The zero-order valence-electron chi connectivity index (χ0n) is 34.0. The van der Waals surface area contributed by atoms with Gasteiger partial charge < -0.3 is 15.0 Å². The number of aryl methyl sites for hydroxylation is 1. The number of benzene rings is 1. The molecule has 1 saturated carbocycles. The normalized spacial score (nSPS) is 24.1. The lowest BCUT2D eigenvalue weighted by Crippen LogP contribution is -2.60. The van der Waals surface area contributed by atoms with E-state index < -0.39 is 71.1 Å². The second-order valence-corrected chi connectivity index (χ2v) is 16.8. The van der Waals surface area contributed by atoms with Crippen LogP contribution in [0.5, 0.6) is 0 Å². The number of alkyl halides is 6. The number of hydrogen-bond donors (Lipinski definition) is 2. The van der Waals surface area contributed by atoms with Gasteiger partial charge in [-0.15, -0.1) is 0 Å². The number of piperazine rings is 1.